The van der Waals surface area contributed by atoms with Gasteiger partial charge in [-0.15, -0.1) is 0 Å². The van der Waals surface area contributed by atoms with E-state index < -0.39 is 0 Å². The Bertz CT molecular complexity index is 471. The second-order valence-corrected chi connectivity index (χ2v) is 7.20. The molecule has 0 aliphatic carbocycles. The molecule has 0 aromatic heterocycles. The summed E-state index contributed by atoms with van der Waals surface area (Å²) in [6, 6.07) is 19.2. The van der Waals surface area contributed by atoms with Gasteiger partial charge in [0.2, 0.25) is 0 Å². The molecule has 2 rings (SSSR count). The van der Waals surface area contributed by atoms with Crippen LogP contribution in [0, 0.1) is 13.8 Å². The predicted octanol–water partition coefficient (Wildman–Crippen LogP) is 3.97. The minimum absolute atomic E-state index is 0.347. The van der Waals surface area contributed by atoms with Crippen LogP contribution >= 0.6 is 0 Å². The molecule has 0 unspecified atom stereocenters. The average Bonchev–Trinajstić information content (AvgIpc) is 2.46. The lowest BCUT2D eigenvalue weighted by molar-refractivity contribution is 0.438. The molecule has 0 saturated heterocycles. The fraction of sp³-hybridized carbons (Fsp3) is 0.333. The highest BCUT2D eigenvalue weighted by Gasteiger charge is 2.13. The molecule has 20 heavy (non-hydrogen) atoms. The molecular formula is C18H24OSi. The van der Waals surface area contributed by atoms with Crippen molar-refractivity contribution in [1.29, 1.82) is 0 Å². The van der Waals surface area contributed by atoms with Crippen LogP contribution in [-0.2, 0) is 4.43 Å². The number of hydrogen-bond donors (Lipinski definition) is 0. The van der Waals surface area contributed by atoms with Crippen LogP contribution in [-0.4, -0.2) is 16.9 Å². The van der Waals surface area contributed by atoms with Gasteiger partial charge < -0.3 is 4.43 Å². The number of aryl methyl sites for hydroxylation is 2. The maximum Gasteiger partial charge on any atom is 0.161 e. The van der Waals surface area contributed by atoms with E-state index in [9.17, 15) is 0 Å². The summed E-state index contributed by atoms with van der Waals surface area (Å²) in [5, 5.41) is 0. The third-order valence-corrected chi connectivity index (χ3v) is 4.91. The molecule has 106 valence electrons. The molecule has 0 heterocycles. The van der Waals surface area contributed by atoms with Crippen LogP contribution in [0.3, 0.4) is 0 Å². The smallest absolute Gasteiger partial charge is 0.161 e. The molecule has 2 heteroatoms. The van der Waals surface area contributed by atoms with Gasteiger partial charge in [-0.25, -0.2) is 0 Å². The predicted molar refractivity (Wildman–Crippen MR) is 89.2 cm³/mol. The molecule has 0 bridgehead atoms. The Morgan fingerprint density at radius 2 is 1.30 bits per heavy atom. The second-order valence-electron chi connectivity index (χ2n) is 5.51. The van der Waals surface area contributed by atoms with Crippen molar-refractivity contribution in [3.63, 3.8) is 0 Å². The zero-order valence-corrected chi connectivity index (χ0v) is 14.1. The van der Waals surface area contributed by atoms with Crippen LogP contribution < -0.4 is 0 Å². The standard InChI is InChI=1S/C18H24OSi/c1-14-4-8-16(9-5-14)18(12-13-20-19-3)17-10-6-15(2)7-11-17/h4-11,18H,12-13,20H2,1-3H3. The van der Waals surface area contributed by atoms with E-state index in [4.69, 9.17) is 4.43 Å². The lowest BCUT2D eigenvalue weighted by atomic mass is 9.88. The zero-order valence-electron chi connectivity index (χ0n) is 12.7. The monoisotopic (exact) mass is 284 g/mol. The van der Waals surface area contributed by atoms with E-state index >= 15 is 0 Å². The minimum atomic E-state index is -0.347. The van der Waals surface area contributed by atoms with Crippen molar-refractivity contribution in [3.05, 3.63) is 70.8 Å². The topological polar surface area (TPSA) is 9.23 Å². The highest BCUT2D eigenvalue weighted by molar-refractivity contribution is 6.26. The van der Waals surface area contributed by atoms with Crippen LogP contribution in [0.4, 0.5) is 0 Å². The van der Waals surface area contributed by atoms with Crippen LogP contribution in [0.5, 0.6) is 0 Å². The molecule has 0 aliphatic heterocycles. The molecule has 1 nitrogen and oxygen atoms in total. The molecule has 0 saturated carbocycles. The first-order valence-electron chi connectivity index (χ1n) is 7.33. The largest absolute Gasteiger partial charge is 0.427 e. The highest BCUT2D eigenvalue weighted by atomic mass is 28.2. The van der Waals surface area contributed by atoms with Crippen LogP contribution in [0.2, 0.25) is 6.04 Å². The van der Waals surface area contributed by atoms with Crippen LogP contribution in [0.15, 0.2) is 48.5 Å². The van der Waals surface area contributed by atoms with E-state index in [2.05, 4.69) is 62.4 Å². The SMILES string of the molecule is CO[SiH2]CCC(c1ccc(C)cc1)c1ccc(C)cc1. The molecule has 2 aromatic rings. The first-order chi connectivity index (χ1) is 9.70. The summed E-state index contributed by atoms with van der Waals surface area (Å²) < 4.78 is 5.34. The fourth-order valence-electron chi connectivity index (χ4n) is 2.56. The van der Waals surface area contributed by atoms with E-state index in [1.807, 2.05) is 7.11 Å². The molecular weight excluding hydrogens is 260 g/mol. The third kappa shape index (κ3) is 4.05. The van der Waals surface area contributed by atoms with E-state index in [0.717, 1.165) is 0 Å². The summed E-state index contributed by atoms with van der Waals surface area (Å²) in [6.45, 7) is 4.28. The van der Waals surface area contributed by atoms with Crippen molar-refractivity contribution < 1.29 is 4.43 Å². The Balaban J connectivity index is 2.23. The molecule has 0 amide bonds. The lowest BCUT2D eigenvalue weighted by Gasteiger charge is -2.18. The first-order valence-corrected chi connectivity index (χ1v) is 8.90. The highest BCUT2D eigenvalue weighted by Crippen LogP contribution is 2.29. The van der Waals surface area contributed by atoms with Crippen molar-refractivity contribution in [2.45, 2.75) is 32.2 Å². The number of benzene rings is 2. The minimum Gasteiger partial charge on any atom is -0.427 e. The van der Waals surface area contributed by atoms with Crippen molar-refractivity contribution in [2.75, 3.05) is 7.11 Å². The average molecular weight is 284 g/mol. The van der Waals surface area contributed by atoms with Gasteiger partial charge in [-0.3, -0.25) is 0 Å². The summed E-state index contributed by atoms with van der Waals surface area (Å²) in [6.07, 6.45) is 1.19. The summed E-state index contributed by atoms with van der Waals surface area (Å²) in [4.78, 5) is 0. The Morgan fingerprint density at radius 1 is 0.850 bits per heavy atom. The normalized spacial score (nSPS) is 11.6. The van der Waals surface area contributed by atoms with Gasteiger partial charge in [-0.05, 0) is 37.4 Å². The van der Waals surface area contributed by atoms with E-state index in [0.29, 0.717) is 5.92 Å². The molecule has 0 aliphatic rings. The Kier molecular flexibility index (Phi) is 5.56. The maximum absolute atomic E-state index is 5.34. The Morgan fingerprint density at radius 3 is 1.70 bits per heavy atom. The third-order valence-electron chi connectivity index (χ3n) is 3.80. The van der Waals surface area contributed by atoms with E-state index in [1.165, 1.54) is 34.7 Å². The molecule has 0 atom stereocenters. The van der Waals surface area contributed by atoms with Crippen molar-refractivity contribution in [1.82, 2.24) is 0 Å². The van der Waals surface area contributed by atoms with E-state index in [1.54, 1.807) is 0 Å². The summed E-state index contributed by atoms with van der Waals surface area (Å²) in [5.41, 5.74) is 5.49. The van der Waals surface area contributed by atoms with Gasteiger partial charge in [-0.2, -0.15) is 0 Å². The van der Waals surface area contributed by atoms with Crippen molar-refractivity contribution >= 4 is 9.76 Å². The molecule has 0 spiro atoms. The van der Waals surface area contributed by atoms with Gasteiger partial charge in [0.05, 0.1) is 0 Å². The molecule has 0 N–H and O–H groups in total. The van der Waals surface area contributed by atoms with Gasteiger partial charge >= 0.3 is 0 Å². The molecule has 2 aromatic carbocycles. The van der Waals surface area contributed by atoms with E-state index in [-0.39, 0.29) is 9.76 Å². The quantitative estimate of drug-likeness (QED) is 0.576. The molecule has 0 fully saturated rings. The Labute approximate surface area is 124 Å². The Hall–Kier alpha value is -1.38. The maximum atomic E-state index is 5.34. The van der Waals surface area contributed by atoms with Crippen molar-refractivity contribution in [2.24, 2.45) is 0 Å². The van der Waals surface area contributed by atoms with Gasteiger partial charge in [0, 0.05) is 13.0 Å². The van der Waals surface area contributed by atoms with Crippen LogP contribution in [0.1, 0.15) is 34.6 Å². The summed E-state index contributed by atoms with van der Waals surface area (Å²) in [5.74, 6) is 0.499. The summed E-state index contributed by atoms with van der Waals surface area (Å²) in [7, 11) is 1.49. The number of hydrogen-bond acceptors (Lipinski definition) is 1. The van der Waals surface area contributed by atoms with Gasteiger partial charge in [0.25, 0.3) is 0 Å². The summed E-state index contributed by atoms with van der Waals surface area (Å²) >= 11 is 0. The number of rotatable bonds is 6. The second kappa shape index (κ2) is 7.41. The van der Waals surface area contributed by atoms with Gasteiger partial charge in [0.15, 0.2) is 9.76 Å². The zero-order chi connectivity index (χ0) is 14.4. The lowest BCUT2D eigenvalue weighted by Crippen LogP contribution is -2.04. The first kappa shape index (κ1) is 15.0. The van der Waals surface area contributed by atoms with Crippen LogP contribution in [0.25, 0.3) is 0 Å². The molecule has 0 radical (unpaired) electrons. The van der Waals surface area contributed by atoms with Gasteiger partial charge in [-0.1, -0.05) is 59.7 Å². The van der Waals surface area contributed by atoms with Crippen molar-refractivity contribution in [3.8, 4) is 0 Å². The van der Waals surface area contributed by atoms with Gasteiger partial charge in [0.1, 0.15) is 0 Å². The fourth-order valence-corrected chi connectivity index (χ4v) is 3.42.